The Morgan fingerprint density at radius 1 is 0.750 bits per heavy atom. The lowest BCUT2D eigenvalue weighted by atomic mass is 9.98. The fourth-order valence-electron chi connectivity index (χ4n) is 5.06. The largest absolute Gasteiger partial charge is 0.481 e. The van der Waals surface area contributed by atoms with Gasteiger partial charge in [-0.05, 0) is 36.8 Å². The molecule has 240 valence electrons. The molecule has 2 heterocycles. The fraction of sp³-hybridized carbons (Fsp3) is 0.533. The van der Waals surface area contributed by atoms with Gasteiger partial charge in [0.1, 0.15) is 30.2 Å². The van der Waals surface area contributed by atoms with Crippen molar-refractivity contribution in [3.63, 3.8) is 0 Å². The first kappa shape index (κ1) is 34.0. The van der Waals surface area contributed by atoms with E-state index in [0.29, 0.717) is 5.56 Å². The summed E-state index contributed by atoms with van der Waals surface area (Å²) in [6, 6.07) is 0.565. The number of fused-ring (bicyclic) bond motifs is 1. The van der Waals surface area contributed by atoms with Crippen molar-refractivity contribution in [1.29, 1.82) is 0 Å². The maximum Gasteiger partial charge on any atom is 0.305 e. The Morgan fingerprint density at radius 2 is 1.30 bits per heavy atom. The third kappa shape index (κ3) is 8.78. The summed E-state index contributed by atoms with van der Waals surface area (Å²) in [5.41, 5.74) is 1.46. The molecule has 1 aromatic heterocycles. The van der Waals surface area contributed by atoms with Gasteiger partial charge in [-0.1, -0.05) is 45.9 Å². The predicted octanol–water partition coefficient (Wildman–Crippen LogP) is -0.294. The topological polar surface area (TPSA) is 219 Å². The van der Waals surface area contributed by atoms with Crippen LogP contribution in [0.25, 0.3) is 10.9 Å². The lowest BCUT2D eigenvalue weighted by Gasteiger charge is -2.28. The van der Waals surface area contributed by atoms with Crippen LogP contribution >= 0.6 is 0 Å². The van der Waals surface area contributed by atoms with E-state index >= 15 is 0 Å². The van der Waals surface area contributed by atoms with Crippen molar-refractivity contribution < 1.29 is 39.0 Å². The van der Waals surface area contributed by atoms with Crippen molar-refractivity contribution in [3.05, 3.63) is 36.0 Å². The molecule has 1 fully saturated rings. The second kappa shape index (κ2) is 14.8. The highest BCUT2D eigenvalue weighted by atomic mass is 16.4. The number of aromatic amines is 1. The van der Waals surface area contributed by atoms with Crippen LogP contribution in [0, 0.1) is 11.8 Å². The van der Waals surface area contributed by atoms with Gasteiger partial charge in [0, 0.05) is 23.5 Å². The number of aliphatic carboxylic acids is 1. The van der Waals surface area contributed by atoms with Gasteiger partial charge in [0.2, 0.25) is 29.5 Å². The smallest absolute Gasteiger partial charge is 0.305 e. The summed E-state index contributed by atoms with van der Waals surface area (Å²) in [6.07, 6.45) is -0.430. The predicted molar refractivity (Wildman–Crippen MR) is 160 cm³/mol. The zero-order valence-electron chi connectivity index (χ0n) is 25.5. The number of carboxylic acid groups (broad SMARTS) is 1. The van der Waals surface area contributed by atoms with Crippen LogP contribution in [0.15, 0.2) is 30.5 Å². The Morgan fingerprint density at radius 3 is 1.91 bits per heavy atom. The van der Waals surface area contributed by atoms with Gasteiger partial charge in [0.25, 0.3) is 0 Å². The van der Waals surface area contributed by atoms with Crippen LogP contribution in [0.2, 0.25) is 0 Å². The molecule has 0 spiro atoms. The van der Waals surface area contributed by atoms with Crippen LogP contribution in [0.4, 0.5) is 0 Å². The highest BCUT2D eigenvalue weighted by Gasteiger charge is 2.37. The Balaban J connectivity index is 2.09. The van der Waals surface area contributed by atoms with Crippen LogP contribution in [-0.4, -0.2) is 87.0 Å². The minimum Gasteiger partial charge on any atom is -0.481 e. The molecule has 1 saturated heterocycles. The number of nitrogens with one attached hydrogen (secondary N) is 6. The monoisotopic (exact) mass is 614 g/mol. The average molecular weight is 615 g/mol. The summed E-state index contributed by atoms with van der Waals surface area (Å²) < 4.78 is 0. The molecule has 1 aromatic carbocycles. The third-order valence-electron chi connectivity index (χ3n) is 7.39. The maximum atomic E-state index is 13.7. The van der Waals surface area contributed by atoms with Crippen LogP contribution in [0.1, 0.15) is 53.0 Å². The molecule has 8 N–H and O–H groups in total. The SMILES string of the molecule is CC(C)C[C@H]1NC(=O)[C@H](C(C)C)NC(=O)[C@@H]([C@H](C)O)NC(=O)[C@H](CC(=O)O)NC(=O)[C@H](Cc2c[nH]c3ccccc23)NC1=O. The number of carbonyl (C=O) groups excluding carboxylic acids is 5. The van der Waals surface area contributed by atoms with E-state index in [1.807, 2.05) is 38.1 Å². The van der Waals surface area contributed by atoms with E-state index in [4.69, 9.17) is 0 Å². The number of amides is 5. The van der Waals surface area contributed by atoms with Crippen molar-refractivity contribution in [3.8, 4) is 0 Å². The molecule has 1 aliphatic rings. The lowest BCUT2D eigenvalue weighted by Crippen LogP contribution is -2.61. The fourth-order valence-corrected chi connectivity index (χ4v) is 5.06. The molecule has 5 amide bonds. The van der Waals surface area contributed by atoms with Gasteiger partial charge < -0.3 is 41.8 Å². The Labute approximate surface area is 255 Å². The minimum absolute atomic E-state index is 0.0314. The molecule has 44 heavy (non-hydrogen) atoms. The highest BCUT2D eigenvalue weighted by molar-refractivity contribution is 5.99. The highest BCUT2D eigenvalue weighted by Crippen LogP contribution is 2.20. The molecule has 6 atom stereocenters. The zero-order valence-corrected chi connectivity index (χ0v) is 25.5. The number of aliphatic hydroxyl groups is 1. The Kier molecular flexibility index (Phi) is 11.5. The maximum absolute atomic E-state index is 13.7. The number of carboxylic acids is 1. The van der Waals surface area contributed by atoms with E-state index < -0.39 is 84.2 Å². The van der Waals surface area contributed by atoms with Crippen molar-refractivity contribution in [1.82, 2.24) is 31.6 Å². The molecule has 1 aliphatic heterocycles. The number of hydrogen-bond acceptors (Lipinski definition) is 7. The van der Waals surface area contributed by atoms with Crippen LogP contribution < -0.4 is 26.6 Å². The number of rotatable bonds is 8. The molecule has 0 unspecified atom stereocenters. The van der Waals surface area contributed by atoms with E-state index in [-0.39, 0.29) is 18.8 Å². The number of H-pyrrole nitrogens is 1. The molecule has 14 heteroatoms. The Bertz CT molecular complexity index is 1390. The Hall–Kier alpha value is -4.46. The van der Waals surface area contributed by atoms with E-state index in [1.54, 1.807) is 20.0 Å². The van der Waals surface area contributed by atoms with Gasteiger partial charge in [-0.15, -0.1) is 0 Å². The number of para-hydroxylation sites is 1. The van der Waals surface area contributed by atoms with Gasteiger partial charge in [-0.3, -0.25) is 28.8 Å². The average Bonchev–Trinajstić information content (AvgIpc) is 3.34. The first-order valence-electron chi connectivity index (χ1n) is 14.6. The molecule has 14 nitrogen and oxygen atoms in total. The van der Waals surface area contributed by atoms with Gasteiger partial charge >= 0.3 is 5.97 Å². The van der Waals surface area contributed by atoms with Gasteiger partial charge in [0.15, 0.2) is 0 Å². The first-order valence-corrected chi connectivity index (χ1v) is 14.6. The van der Waals surface area contributed by atoms with Crippen molar-refractivity contribution in [2.45, 2.75) is 90.2 Å². The number of hydrogen-bond donors (Lipinski definition) is 8. The summed E-state index contributed by atoms with van der Waals surface area (Å²) >= 11 is 0. The second-order valence-electron chi connectivity index (χ2n) is 11.9. The third-order valence-corrected chi connectivity index (χ3v) is 7.39. The molecule has 0 aliphatic carbocycles. The molecule has 0 radical (unpaired) electrons. The van der Waals surface area contributed by atoms with E-state index in [2.05, 4.69) is 31.6 Å². The summed E-state index contributed by atoms with van der Waals surface area (Å²) in [7, 11) is 0. The summed E-state index contributed by atoms with van der Waals surface area (Å²) in [5.74, 6) is -6.06. The molecule has 3 rings (SSSR count). The van der Waals surface area contributed by atoms with Crippen LogP contribution in [0.5, 0.6) is 0 Å². The molecular formula is C30H42N6O8. The van der Waals surface area contributed by atoms with E-state index in [0.717, 1.165) is 10.9 Å². The summed E-state index contributed by atoms with van der Waals surface area (Å²) in [5, 5.41) is 33.3. The van der Waals surface area contributed by atoms with Gasteiger partial charge in [0.05, 0.1) is 12.5 Å². The van der Waals surface area contributed by atoms with Gasteiger partial charge in [-0.2, -0.15) is 0 Å². The summed E-state index contributed by atoms with van der Waals surface area (Å²) in [4.78, 5) is 82.0. The lowest BCUT2D eigenvalue weighted by molar-refractivity contribution is -0.142. The molecular weight excluding hydrogens is 572 g/mol. The molecule has 0 saturated carbocycles. The second-order valence-corrected chi connectivity index (χ2v) is 11.9. The van der Waals surface area contributed by atoms with E-state index in [1.165, 1.54) is 6.92 Å². The normalized spacial score (nSPS) is 24.9. The quantitative estimate of drug-likeness (QED) is 0.197. The first-order chi connectivity index (χ1) is 20.7. The van der Waals surface area contributed by atoms with E-state index in [9.17, 15) is 39.0 Å². The van der Waals surface area contributed by atoms with Crippen LogP contribution in [0.3, 0.4) is 0 Å². The number of benzene rings is 1. The number of aromatic nitrogens is 1. The van der Waals surface area contributed by atoms with Gasteiger partial charge in [-0.25, -0.2) is 0 Å². The standard InChI is InChI=1S/C30H42N6O8/c1-14(2)10-20-26(40)32-21(11-17-13-31-19-9-7-6-8-18(17)19)27(41)33-22(12-23(38)39)28(42)36-25(16(5)37)30(44)35-24(15(3)4)29(43)34-20/h6-9,13-16,20-22,24-25,31,37H,10-12H2,1-5H3,(H,32,40)(H,33,41)(H,34,43)(H,35,44)(H,36,42)(H,38,39)/t16-,20+,21-,22-,24-,25+/m0/s1. The van der Waals surface area contributed by atoms with Crippen molar-refractivity contribution in [2.75, 3.05) is 0 Å². The summed E-state index contributed by atoms with van der Waals surface area (Å²) in [6.45, 7) is 8.30. The molecule has 0 bridgehead atoms. The van der Waals surface area contributed by atoms with Crippen molar-refractivity contribution >= 4 is 46.4 Å². The zero-order chi connectivity index (χ0) is 32.7. The molecule has 2 aromatic rings. The number of carbonyl (C=O) groups is 6. The minimum atomic E-state index is -1.66. The number of aliphatic hydroxyl groups excluding tert-OH is 1. The van der Waals surface area contributed by atoms with Crippen LogP contribution in [-0.2, 0) is 35.2 Å². The van der Waals surface area contributed by atoms with Crippen molar-refractivity contribution in [2.24, 2.45) is 11.8 Å².